The van der Waals surface area contributed by atoms with Crippen molar-refractivity contribution in [3.8, 4) is 0 Å². The molecule has 2 heterocycles. The molecule has 1 N–H and O–H groups in total. The molecule has 1 amide bonds. The predicted molar refractivity (Wildman–Crippen MR) is 103 cm³/mol. The molecule has 1 aromatic heterocycles. The topological polar surface area (TPSA) is 79.6 Å². The minimum Gasteiger partial charge on any atom is -0.444 e. The van der Waals surface area contributed by atoms with Crippen LogP contribution in [0.4, 0.5) is 5.69 Å². The molecule has 0 aliphatic carbocycles. The lowest BCUT2D eigenvalue weighted by Crippen LogP contribution is -2.42. The first kappa shape index (κ1) is 19.1. The van der Waals surface area contributed by atoms with Crippen molar-refractivity contribution in [2.24, 2.45) is 11.8 Å². The lowest BCUT2D eigenvalue weighted by molar-refractivity contribution is 0.0995. The van der Waals surface area contributed by atoms with Gasteiger partial charge in [0.25, 0.3) is 5.91 Å². The smallest absolute Gasteiger partial charge is 0.291 e. The van der Waals surface area contributed by atoms with E-state index in [-0.39, 0.29) is 10.7 Å². The van der Waals surface area contributed by atoms with Gasteiger partial charge in [-0.15, -0.1) is 0 Å². The summed E-state index contributed by atoms with van der Waals surface area (Å²) in [5, 5.41) is 2.68. The molecule has 1 fully saturated rings. The molecule has 0 radical (unpaired) electrons. The number of piperidine rings is 1. The number of nitrogens with one attached hydrogen (secondary N) is 1. The third kappa shape index (κ3) is 4.19. The van der Waals surface area contributed by atoms with Crippen molar-refractivity contribution in [1.29, 1.82) is 0 Å². The Morgan fingerprint density at radius 1 is 1.12 bits per heavy atom. The van der Waals surface area contributed by atoms with Crippen LogP contribution in [0.1, 0.15) is 30.8 Å². The van der Waals surface area contributed by atoms with Gasteiger partial charge in [-0.3, -0.25) is 4.79 Å². The monoisotopic (exact) mass is 440 g/mol. The molecule has 2 aromatic rings. The summed E-state index contributed by atoms with van der Waals surface area (Å²) in [6.07, 6.45) is 1.04. The highest BCUT2D eigenvalue weighted by Gasteiger charge is 2.31. The summed E-state index contributed by atoms with van der Waals surface area (Å²) in [7, 11) is -3.53. The van der Waals surface area contributed by atoms with Crippen LogP contribution >= 0.6 is 15.9 Å². The van der Waals surface area contributed by atoms with E-state index in [0.29, 0.717) is 35.3 Å². The minimum absolute atomic E-state index is 0.171. The summed E-state index contributed by atoms with van der Waals surface area (Å²) in [5.74, 6) is 0.467. The van der Waals surface area contributed by atoms with E-state index in [0.717, 1.165) is 6.42 Å². The van der Waals surface area contributed by atoms with Gasteiger partial charge >= 0.3 is 0 Å². The summed E-state index contributed by atoms with van der Waals surface area (Å²) < 4.78 is 32.9. The number of rotatable bonds is 4. The number of amides is 1. The molecule has 0 saturated carbocycles. The second-order valence-corrected chi connectivity index (χ2v) is 9.57. The maximum atomic E-state index is 12.9. The van der Waals surface area contributed by atoms with E-state index in [1.807, 2.05) is 0 Å². The molecule has 1 aliphatic rings. The Morgan fingerprint density at radius 3 is 2.27 bits per heavy atom. The van der Waals surface area contributed by atoms with Crippen molar-refractivity contribution >= 4 is 37.5 Å². The Morgan fingerprint density at radius 2 is 1.73 bits per heavy atom. The fourth-order valence-electron chi connectivity index (χ4n) is 3.29. The molecule has 6 nitrogen and oxygen atoms in total. The largest absolute Gasteiger partial charge is 0.444 e. The van der Waals surface area contributed by atoms with Gasteiger partial charge in [-0.25, -0.2) is 8.42 Å². The molecule has 3 rings (SSSR count). The van der Waals surface area contributed by atoms with Gasteiger partial charge < -0.3 is 9.73 Å². The van der Waals surface area contributed by atoms with Gasteiger partial charge in [-0.2, -0.15) is 4.31 Å². The molecule has 0 bridgehead atoms. The summed E-state index contributed by atoms with van der Waals surface area (Å²) in [6.45, 7) is 5.23. The number of furan rings is 1. The Bertz CT molecular complexity index is 882. The van der Waals surface area contributed by atoms with E-state index in [1.165, 1.54) is 12.1 Å². The van der Waals surface area contributed by atoms with E-state index in [1.54, 1.807) is 28.6 Å². The molecule has 1 aromatic carbocycles. The van der Waals surface area contributed by atoms with Crippen LogP contribution in [-0.4, -0.2) is 31.7 Å². The number of carbonyl (C=O) groups is 1. The van der Waals surface area contributed by atoms with Crippen molar-refractivity contribution in [2.75, 3.05) is 18.4 Å². The normalized spacial score (nSPS) is 21.5. The SMILES string of the molecule is C[C@@H]1C[C@@H](C)CN(S(=O)(=O)c2ccc(NC(=O)c3ccc(Br)o3)cc2)C1. The standard InChI is InChI=1S/C18H21BrN2O4S/c1-12-9-13(2)11-21(10-12)26(23,24)15-5-3-14(4-6-15)20-18(22)16-7-8-17(19)25-16/h3-8,12-13H,9-11H2,1-2H3,(H,20,22)/t12-,13-/m1/s1. The van der Waals surface area contributed by atoms with E-state index in [2.05, 4.69) is 35.1 Å². The zero-order valence-corrected chi connectivity index (χ0v) is 17.0. The highest BCUT2D eigenvalue weighted by atomic mass is 79.9. The number of nitrogens with zero attached hydrogens (tertiary/aromatic N) is 1. The molecule has 1 saturated heterocycles. The van der Waals surface area contributed by atoms with Crippen LogP contribution in [0.5, 0.6) is 0 Å². The lowest BCUT2D eigenvalue weighted by Gasteiger charge is -2.34. The first-order valence-corrected chi connectivity index (χ1v) is 10.7. The van der Waals surface area contributed by atoms with E-state index < -0.39 is 15.9 Å². The van der Waals surface area contributed by atoms with Gasteiger partial charge in [0.2, 0.25) is 10.0 Å². The molecular weight excluding hydrogens is 420 g/mol. The second kappa shape index (κ2) is 7.54. The Hall–Kier alpha value is -1.64. The third-order valence-corrected chi connectivity index (χ3v) is 6.65. The number of hydrogen-bond donors (Lipinski definition) is 1. The molecule has 1 aliphatic heterocycles. The molecule has 26 heavy (non-hydrogen) atoms. The quantitative estimate of drug-likeness (QED) is 0.779. The van der Waals surface area contributed by atoms with Crippen molar-refractivity contribution < 1.29 is 17.6 Å². The highest BCUT2D eigenvalue weighted by molar-refractivity contribution is 9.10. The van der Waals surface area contributed by atoms with E-state index in [9.17, 15) is 13.2 Å². The van der Waals surface area contributed by atoms with Crippen molar-refractivity contribution in [3.63, 3.8) is 0 Å². The first-order valence-electron chi connectivity index (χ1n) is 8.42. The number of hydrogen-bond acceptors (Lipinski definition) is 4. The zero-order valence-electron chi connectivity index (χ0n) is 14.6. The summed E-state index contributed by atoms with van der Waals surface area (Å²) >= 11 is 3.15. The van der Waals surface area contributed by atoms with Crippen molar-refractivity contribution in [1.82, 2.24) is 4.31 Å². The third-order valence-electron chi connectivity index (χ3n) is 4.38. The van der Waals surface area contributed by atoms with E-state index in [4.69, 9.17) is 4.42 Å². The zero-order chi connectivity index (χ0) is 18.9. The Kier molecular flexibility index (Phi) is 5.55. The highest BCUT2D eigenvalue weighted by Crippen LogP contribution is 2.27. The van der Waals surface area contributed by atoms with Crippen molar-refractivity contribution in [2.45, 2.75) is 25.2 Å². The maximum absolute atomic E-state index is 12.9. The summed E-state index contributed by atoms with van der Waals surface area (Å²) in [6, 6.07) is 9.39. The van der Waals surface area contributed by atoms with Gasteiger partial charge in [0.15, 0.2) is 10.4 Å². The molecule has 140 valence electrons. The van der Waals surface area contributed by atoms with Crippen LogP contribution in [0.15, 0.2) is 50.4 Å². The van der Waals surface area contributed by atoms with Crippen LogP contribution in [0.3, 0.4) is 0 Å². The number of benzene rings is 1. The molecule has 8 heteroatoms. The molecule has 2 atom stereocenters. The second-order valence-electron chi connectivity index (χ2n) is 6.85. The van der Waals surface area contributed by atoms with Gasteiger partial charge in [-0.05, 0) is 70.6 Å². The van der Waals surface area contributed by atoms with Gasteiger partial charge in [0, 0.05) is 18.8 Å². The Balaban J connectivity index is 1.73. The maximum Gasteiger partial charge on any atom is 0.291 e. The summed E-state index contributed by atoms with van der Waals surface area (Å²) in [4.78, 5) is 12.3. The number of sulfonamides is 1. The average molecular weight is 441 g/mol. The number of halogens is 1. The predicted octanol–water partition coefficient (Wildman–Crippen LogP) is 3.96. The fourth-order valence-corrected chi connectivity index (χ4v) is 5.28. The summed E-state index contributed by atoms with van der Waals surface area (Å²) in [5.41, 5.74) is 0.502. The van der Waals surface area contributed by atoms with E-state index >= 15 is 0 Å². The first-order chi connectivity index (χ1) is 12.3. The van der Waals surface area contributed by atoms with Crippen LogP contribution in [0, 0.1) is 11.8 Å². The minimum atomic E-state index is -3.53. The lowest BCUT2D eigenvalue weighted by atomic mass is 9.94. The molecule has 0 spiro atoms. The molecular formula is C18H21BrN2O4S. The van der Waals surface area contributed by atoms with Crippen LogP contribution in [0.2, 0.25) is 0 Å². The molecule has 0 unspecified atom stereocenters. The van der Waals surface area contributed by atoms with Gasteiger partial charge in [0.05, 0.1) is 4.90 Å². The average Bonchev–Trinajstić information content (AvgIpc) is 3.01. The number of anilines is 1. The van der Waals surface area contributed by atoms with Crippen molar-refractivity contribution in [3.05, 3.63) is 46.8 Å². The fraction of sp³-hybridized carbons (Fsp3) is 0.389. The van der Waals surface area contributed by atoms with Gasteiger partial charge in [-0.1, -0.05) is 13.8 Å². The Labute approximate surface area is 161 Å². The van der Waals surface area contributed by atoms with Crippen LogP contribution < -0.4 is 5.32 Å². The van der Waals surface area contributed by atoms with Gasteiger partial charge in [0.1, 0.15) is 0 Å². The van der Waals surface area contributed by atoms with Crippen LogP contribution in [0.25, 0.3) is 0 Å². The number of carbonyl (C=O) groups excluding carboxylic acids is 1. The van der Waals surface area contributed by atoms with Crippen LogP contribution in [-0.2, 0) is 10.0 Å².